The first kappa shape index (κ1) is 15.9. The monoisotopic (exact) mass is 319 g/mol. The molecular formula is C20H19N2O2-. The number of nitrogens with zero attached hydrogens (tertiary/aromatic N) is 1. The third kappa shape index (κ3) is 3.67. The summed E-state index contributed by atoms with van der Waals surface area (Å²) in [5.74, 6) is 10.5. The summed E-state index contributed by atoms with van der Waals surface area (Å²) in [4.78, 5) is 0. The molecule has 0 atom stereocenters. The predicted octanol–water partition coefficient (Wildman–Crippen LogP) is 5.90. The molecule has 0 aromatic heterocycles. The van der Waals surface area contributed by atoms with Gasteiger partial charge in [0.25, 0.3) is 0 Å². The third-order valence-corrected chi connectivity index (χ3v) is 3.68. The summed E-state index contributed by atoms with van der Waals surface area (Å²) in [6.45, 7) is 2.03. The Morgan fingerprint density at radius 3 is 1.58 bits per heavy atom. The van der Waals surface area contributed by atoms with Crippen LogP contribution in [0.25, 0.3) is 5.84 Å². The molecule has 0 aliphatic rings. The van der Waals surface area contributed by atoms with Crippen LogP contribution >= 0.6 is 0 Å². The number of anilines is 2. The lowest BCUT2D eigenvalue weighted by Gasteiger charge is -2.29. The van der Waals surface area contributed by atoms with Crippen molar-refractivity contribution < 1.29 is 9.47 Å². The molecule has 0 saturated heterocycles. The van der Waals surface area contributed by atoms with Crippen molar-refractivity contribution in [2.75, 3.05) is 12.1 Å². The van der Waals surface area contributed by atoms with Crippen molar-refractivity contribution in [3.63, 3.8) is 0 Å². The molecule has 0 fully saturated rings. The topological polar surface area (TPSA) is 45.5 Å². The summed E-state index contributed by atoms with van der Waals surface area (Å²) in [6.07, 6.45) is 0. The average Bonchev–Trinajstić information content (AvgIpc) is 2.63. The number of nitrogens with one attached hydrogen (secondary N) is 1. The van der Waals surface area contributed by atoms with Crippen molar-refractivity contribution >= 4 is 11.4 Å². The molecule has 0 heterocycles. The second-order valence-electron chi connectivity index (χ2n) is 5.44. The quantitative estimate of drug-likeness (QED) is 0.550. The van der Waals surface area contributed by atoms with E-state index in [2.05, 4.69) is 0 Å². The molecule has 0 aliphatic carbocycles. The number of hydrogen-bond donors (Lipinski definition) is 0. The second-order valence-corrected chi connectivity index (χ2v) is 5.44. The van der Waals surface area contributed by atoms with Gasteiger partial charge in [-0.25, -0.2) is 0 Å². The fourth-order valence-corrected chi connectivity index (χ4v) is 2.29. The molecule has 4 nitrogen and oxygen atoms in total. The Morgan fingerprint density at radius 1 is 0.667 bits per heavy atom. The Morgan fingerprint density at radius 2 is 1.08 bits per heavy atom. The first-order chi connectivity index (χ1) is 11.7. The van der Waals surface area contributed by atoms with Gasteiger partial charge in [-0.15, -0.1) is 0 Å². The molecule has 1 N–H and O–H groups in total. The molecule has 0 unspecified atom stereocenters. The van der Waals surface area contributed by atoms with E-state index < -0.39 is 0 Å². The Bertz CT molecular complexity index is 781. The first-order valence-corrected chi connectivity index (χ1v) is 7.66. The minimum absolute atomic E-state index is 0.723. The highest BCUT2D eigenvalue weighted by atomic mass is 16.5. The maximum absolute atomic E-state index is 8.24. The predicted molar refractivity (Wildman–Crippen MR) is 97.1 cm³/mol. The van der Waals surface area contributed by atoms with Crippen molar-refractivity contribution in [2.24, 2.45) is 0 Å². The molecule has 0 bridgehead atoms. The van der Waals surface area contributed by atoms with Gasteiger partial charge in [0.2, 0.25) is 0 Å². The lowest BCUT2D eigenvalue weighted by Crippen LogP contribution is -2.04. The van der Waals surface area contributed by atoms with E-state index in [1.165, 1.54) is 10.6 Å². The number of hydrogen-bond acceptors (Lipinski definition) is 3. The van der Waals surface area contributed by atoms with Crippen LogP contribution in [0.3, 0.4) is 0 Å². The zero-order chi connectivity index (χ0) is 16.9. The van der Waals surface area contributed by atoms with Gasteiger partial charge in [-0.3, -0.25) is 0 Å². The minimum Gasteiger partial charge on any atom is -0.578 e. The molecule has 0 amide bonds. The number of benzene rings is 3. The van der Waals surface area contributed by atoms with Crippen molar-refractivity contribution in [3.8, 4) is 17.2 Å². The molecule has 3 aromatic rings. The fourth-order valence-electron chi connectivity index (χ4n) is 2.29. The van der Waals surface area contributed by atoms with E-state index in [0.717, 1.165) is 28.6 Å². The van der Waals surface area contributed by atoms with Gasteiger partial charge < -0.3 is 20.3 Å². The van der Waals surface area contributed by atoms with Crippen molar-refractivity contribution in [3.05, 3.63) is 84.2 Å². The lowest BCUT2D eigenvalue weighted by molar-refractivity contribution is 0.413. The summed E-state index contributed by atoms with van der Waals surface area (Å²) in [5.41, 5.74) is 2.78. The van der Waals surface area contributed by atoms with Crippen molar-refractivity contribution in [1.82, 2.24) is 0 Å². The second kappa shape index (κ2) is 7.06. The zero-order valence-electron chi connectivity index (χ0n) is 13.7. The number of rotatable bonds is 5. The van der Waals surface area contributed by atoms with E-state index in [1.807, 2.05) is 79.7 Å². The molecule has 4 heteroatoms. The summed E-state index contributed by atoms with van der Waals surface area (Å²) in [7, 11) is 1.63. The van der Waals surface area contributed by atoms with Crippen LogP contribution in [0.5, 0.6) is 17.2 Å². The van der Waals surface area contributed by atoms with Gasteiger partial charge in [0.1, 0.15) is 17.2 Å². The van der Waals surface area contributed by atoms with Gasteiger partial charge in [0, 0.05) is 11.4 Å². The van der Waals surface area contributed by atoms with Gasteiger partial charge in [0.15, 0.2) is 0 Å². The Balaban J connectivity index is 1.71. The van der Waals surface area contributed by atoms with Crippen LogP contribution in [0.2, 0.25) is 0 Å². The molecule has 0 spiro atoms. The molecule has 0 radical (unpaired) electrons. The van der Waals surface area contributed by atoms with Gasteiger partial charge in [-0.1, -0.05) is 17.7 Å². The zero-order valence-corrected chi connectivity index (χ0v) is 13.7. The molecule has 0 saturated carbocycles. The van der Waals surface area contributed by atoms with E-state index in [0.29, 0.717) is 0 Å². The van der Waals surface area contributed by atoms with Crippen LogP contribution in [-0.4, -0.2) is 7.11 Å². The summed E-state index contributed by atoms with van der Waals surface area (Å²) < 4.78 is 10.9. The number of aryl methyl sites for hydroxylation is 1. The first-order valence-electron chi connectivity index (χ1n) is 7.66. The Labute approximate surface area is 142 Å². The van der Waals surface area contributed by atoms with Crippen LogP contribution < -0.4 is 14.5 Å². The van der Waals surface area contributed by atoms with Crippen LogP contribution in [0, 0.1) is 6.92 Å². The van der Waals surface area contributed by atoms with E-state index in [9.17, 15) is 0 Å². The molecule has 0 aliphatic heterocycles. The summed E-state index contributed by atoms with van der Waals surface area (Å²) >= 11 is 0. The van der Waals surface area contributed by atoms with Gasteiger partial charge in [-0.05, 0) is 67.6 Å². The minimum atomic E-state index is 0.723. The summed E-state index contributed by atoms with van der Waals surface area (Å²) in [6, 6.07) is 22.7. The average molecular weight is 319 g/mol. The van der Waals surface area contributed by atoms with E-state index in [1.54, 1.807) is 7.11 Å². The van der Waals surface area contributed by atoms with Gasteiger partial charge in [-0.2, -0.15) is 0 Å². The SMILES string of the molecule is COc1ccc(Oc2ccc(N([NH-])c3ccc(C)cc3)cc2)cc1. The normalized spacial score (nSPS) is 10.3. The summed E-state index contributed by atoms with van der Waals surface area (Å²) in [5, 5.41) is 1.40. The van der Waals surface area contributed by atoms with Crippen molar-refractivity contribution in [1.29, 1.82) is 0 Å². The maximum atomic E-state index is 8.24. The Kier molecular flexibility index (Phi) is 4.68. The molecule has 3 aromatic carbocycles. The third-order valence-electron chi connectivity index (χ3n) is 3.68. The molecule has 122 valence electrons. The molecule has 3 rings (SSSR count). The van der Waals surface area contributed by atoms with Gasteiger partial charge in [0.05, 0.1) is 7.11 Å². The number of methoxy groups -OCH3 is 1. The Hall–Kier alpha value is -2.98. The molecule has 24 heavy (non-hydrogen) atoms. The van der Waals surface area contributed by atoms with Crippen LogP contribution in [0.1, 0.15) is 5.56 Å². The number of ether oxygens (including phenoxy) is 2. The standard InChI is InChI=1S/C20H19N2O2/c1-15-3-5-16(6-4-15)22(21)17-7-9-19(10-8-17)24-20-13-11-18(23-2)12-14-20/h3-14,21H,1-2H3/q-1. The smallest absolute Gasteiger partial charge is 0.127 e. The highest BCUT2D eigenvalue weighted by molar-refractivity contribution is 5.64. The lowest BCUT2D eigenvalue weighted by atomic mass is 10.2. The van der Waals surface area contributed by atoms with Crippen LogP contribution in [0.4, 0.5) is 11.4 Å². The maximum Gasteiger partial charge on any atom is 0.127 e. The van der Waals surface area contributed by atoms with E-state index in [4.69, 9.17) is 15.3 Å². The highest BCUT2D eigenvalue weighted by Crippen LogP contribution is 2.29. The largest absolute Gasteiger partial charge is 0.578 e. The van der Waals surface area contributed by atoms with E-state index in [-0.39, 0.29) is 0 Å². The van der Waals surface area contributed by atoms with Crippen molar-refractivity contribution in [2.45, 2.75) is 6.92 Å². The molecular weight excluding hydrogens is 300 g/mol. The van der Waals surface area contributed by atoms with E-state index >= 15 is 0 Å². The fraction of sp³-hybridized carbons (Fsp3) is 0.100. The van der Waals surface area contributed by atoms with Gasteiger partial charge >= 0.3 is 0 Å². The van der Waals surface area contributed by atoms with Crippen LogP contribution in [-0.2, 0) is 0 Å². The highest BCUT2D eigenvalue weighted by Gasteiger charge is 2.01. The van der Waals surface area contributed by atoms with Crippen LogP contribution in [0.15, 0.2) is 72.8 Å².